The molecule has 0 heterocycles. The van der Waals surface area contributed by atoms with Gasteiger partial charge in [0.2, 0.25) is 0 Å². The van der Waals surface area contributed by atoms with Crippen molar-refractivity contribution < 1.29 is 19.8 Å². The van der Waals surface area contributed by atoms with Gasteiger partial charge in [-0.25, -0.2) is 4.79 Å². The van der Waals surface area contributed by atoms with E-state index in [1.807, 2.05) is 6.92 Å². The molecular formula is C16H23NO4. The monoisotopic (exact) mass is 293 g/mol. The van der Waals surface area contributed by atoms with Crippen LogP contribution in [0.5, 0.6) is 0 Å². The van der Waals surface area contributed by atoms with Gasteiger partial charge in [0, 0.05) is 13.2 Å². The number of rotatable bonds is 7. The van der Waals surface area contributed by atoms with Gasteiger partial charge >= 0.3 is 5.97 Å². The first-order valence-corrected chi connectivity index (χ1v) is 7.14. The fraction of sp³-hybridized carbons (Fsp3) is 0.500. The topological polar surface area (TPSA) is 86.6 Å². The fourth-order valence-electron chi connectivity index (χ4n) is 2.34. The van der Waals surface area contributed by atoms with E-state index in [0.717, 1.165) is 6.42 Å². The summed E-state index contributed by atoms with van der Waals surface area (Å²) in [6, 6.07) is 3.46. The number of carbonyl (C=O) groups excluding carboxylic acids is 1. The number of benzene rings is 1. The molecule has 1 amide bonds. The highest BCUT2D eigenvalue weighted by atomic mass is 16.4. The van der Waals surface area contributed by atoms with Gasteiger partial charge < -0.3 is 15.5 Å². The van der Waals surface area contributed by atoms with Crippen LogP contribution in [0.3, 0.4) is 0 Å². The van der Waals surface area contributed by atoms with E-state index >= 15 is 0 Å². The highest BCUT2D eigenvalue weighted by molar-refractivity contribution is 6.06. The summed E-state index contributed by atoms with van der Waals surface area (Å²) in [5.74, 6) is -1.27. The molecule has 0 radical (unpaired) electrons. The maximum atomic E-state index is 12.3. The van der Waals surface area contributed by atoms with Crippen LogP contribution in [0.15, 0.2) is 12.1 Å². The summed E-state index contributed by atoms with van der Waals surface area (Å²) in [6.45, 7) is 5.92. The van der Waals surface area contributed by atoms with E-state index in [1.54, 1.807) is 26.0 Å². The lowest BCUT2D eigenvalue weighted by atomic mass is 9.96. The predicted molar refractivity (Wildman–Crippen MR) is 80.7 cm³/mol. The average Bonchev–Trinajstić information content (AvgIpc) is 2.44. The first kappa shape index (κ1) is 17.2. The van der Waals surface area contributed by atoms with Crippen LogP contribution in [0.4, 0.5) is 0 Å². The number of carbonyl (C=O) groups is 2. The number of nitrogens with one attached hydrogen (secondary N) is 1. The van der Waals surface area contributed by atoms with Crippen LogP contribution in [-0.4, -0.2) is 35.2 Å². The van der Waals surface area contributed by atoms with Crippen molar-refractivity contribution in [2.45, 2.75) is 33.6 Å². The summed E-state index contributed by atoms with van der Waals surface area (Å²) in [7, 11) is 0. The molecule has 0 spiro atoms. The number of aliphatic hydroxyl groups excluding tert-OH is 1. The van der Waals surface area contributed by atoms with Crippen LogP contribution in [0.1, 0.15) is 51.6 Å². The highest BCUT2D eigenvalue weighted by Gasteiger charge is 2.21. The molecule has 0 aliphatic heterocycles. The third-order valence-corrected chi connectivity index (χ3v) is 3.73. The molecule has 5 heteroatoms. The Morgan fingerprint density at radius 3 is 2.24 bits per heavy atom. The van der Waals surface area contributed by atoms with Crippen molar-refractivity contribution in [1.82, 2.24) is 5.32 Å². The smallest absolute Gasteiger partial charge is 0.336 e. The summed E-state index contributed by atoms with van der Waals surface area (Å²) in [6.07, 6.45) is 1.47. The molecule has 3 N–H and O–H groups in total. The molecule has 0 saturated heterocycles. The molecule has 0 aromatic heterocycles. The number of carboxylic acids is 1. The van der Waals surface area contributed by atoms with Crippen LogP contribution < -0.4 is 5.32 Å². The zero-order valence-electron chi connectivity index (χ0n) is 12.8. The van der Waals surface area contributed by atoms with E-state index in [-0.39, 0.29) is 29.6 Å². The van der Waals surface area contributed by atoms with Crippen LogP contribution in [0, 0.1) is 19.8 Å². The minimum Gasteiger partial charge on any atom is -0.478 e. The molecule has 1 rings (SSSR count). The second-order valence-electron chi connectivity index (χ2n) is 5.25. The highest BCUT2D eigenvalue weighted by Crippen LogP contribution is 2.19. The van der Waals surface area contributed by atoms with Gasteiger partial charge in [0.1, 0.15) is 0 Å². The number of hydrogen-bond acceptors (Lipinski definition) is 3. The Kier molecular flexibility index (Phi) is 6.37. The lowest BCUT2D eigenvalue weighted by Gasteiger charge is -2.16. The standard InChI is InChI=1S/C16H23NO4/c1-4-12(7-8-18)9-17-15(19)13-10(2)5-6-11(3)14(13)16(20)21/h5-6,12,18H,4,7-9H2,1-3H3,(H,17,19)(H,20,21). The summed E-state index contributed by atoms with van der Waals surface area (Å²) in [5, 5.41) is 21.1. The number of amides is 1. The first-order chi connectivity index (χ1) is 9.92. The first-order valence-electron chi connectivity index (χ1n) is 7.14. The average molecular weight is 293 g/mol. The molecule has 1 unspecified atom stereocenters. The Morgan fingerprint density at radius 2 is 1.76 bits per heavy atom. The van der Waals surface area contributed by atoms with E-state index in [4.69, 9.17) is 5.11 Å². The lowest BCUT2D eigenvalue weighted by molar-refractivity contribution is 0.0689. The van der Waals surface area contributed by atoms with Crippen molar-refractivity contribution in [2.75, 3.05) is 13.2 Å². The van der Waals surface area contributed by atoms with E-state index in [0.29, 0.717) is 24.1 Å². The molecule has 0 aliphatic carbocycles. The molecule has 1 aromatic rings. The number of aryl methyl sites for hydroxylation is 2. The molecule has 0 saturated carbocycles. The summed E-state index contributed by atoms with van der Waals surface area (Å²) < 4.78 is 0. The quantitative estimate of drug-likeness (QED) is 0.719. The number of aliphatic hydroxyl groups is 1. The minimum absolute atomic E-state index is 0.0581. The Labute approximate surface area is 125 Å². The van der Waals surface area contributed by atoms with Gasteiger partial charge in [-0.05, 0) is 37.3 Å². The number of hydrogen-bond donors (Lipinski definition) is 3. The zero-order valence-corrected chi connectivity index (χ0v) is 12.8. The predicted octanol–water partition coefficient (Wildman–Crippen LogP) is 2.14. The van der Waals surface area contributed by atoms with Crippen LogP contribution in [-0.2, 0) is 0 Å². The molecule has 1 atom stereocenters. The van der Waals surface area contributed by atoms with Gasteiger partial charge in [-0.1, -0.05) is 25.5 Å². The second kappa shape index (κ2) is 7.78. The third kappa shape index (κ3) is 4.29. The summed E-state index contributed by atoms with van der Waals surface area (Å²) >= 11 is 0. The van der Waals surface area contributed by atoms with E-state index < -0.39 is 5.97 Å². The second-order valence-corrected chi connectivity index (χ2v) is 5.25. The van der Waals surface area contributed by atoms with Crippen LogP contribution in [0.25, 0.3) is 0 Å². The van der Waals surface area contributed by atoms with Gasteiger partial charge in [-0.15, -0.1) is 0 Å². The van der Waals surface area contributed by atoms with Gasteiger partial charge in [0.25, 0.3) is 5.91 Å². The number of carboxylic acid groups (broad SMARTS) is 1. The fourth-order valence-corrected chi connectivity index (χ4v) is 2.34. The SMILES string of the molecule is CCC(CCO)CNC(=O)c1c(C)ccc(C)c1C(=O)O. The molecule has 21 heavy (non-hydrogen) atoms. The van der Waals surface area contributed by atoms with Crippen LogP contribution >= 0.6 is 0 Å². The summed E-state index contributed by atoms with van der Waals surface area (Å²) in [5.41, 5.74) is 1.50. The molecule has 5 nitrogen and oxygen atoms in total. The van der Waals surface area contributed by atoms with E-state index in [2.05, 4.69) is 5.32 Å². The Morgan fingerprint density at radius 1 is 1.19 bits per heavy atom. The molecule has 0 fully saturated rings. The Hall–Kier alpha value is -1.88. The van der Waals surface area contributed by atoms with Crippen molar-refractivity contribution in [2.24, 2.45) is 5.92 Å². The molecule has 0 bridgehead atoms. The van der Waals surface area contributed by atoms with Gasteiger partial charge in [-0.2, -0.15) is 0 Å². The van der Waals surface area contributed by atoms with Crippen molar-refractivity contribution in [3.8, 4) is 0 Å². The van der Waals surface area contributed by atoms with Crippen molar-refractivity contribution in [3.63, 3.8) is 0 Å². The largest absolute Gasteiger partial charge is 0.478 e. The van der Waals surface area contributed by atoms with E-state index in [9.17, 15) is 14.7 Å². The lowest BCUT2D eigenvalue weighted by Crippen LogP contribution is -2.31. The van der Waals surface area contributed by atoms with Crippen molar-refractivity contribution in [1.29, 1.82) is 0 Å². The molecule has 116 valence electrons. The Balaban J connectivity index is 2.97. The zero-order chi connectivity index (χ0) is 16.0. The minimum atomic E-state index is -1.09. The molecular weight excluding hydrogens is 270 g/mol. The molecule has 1 aromatic carbocycles. The van der Waals surface area contributed by atoms with Crippen molar-refractivity contribution >= 4 is 11.9 Å². The van der Waals surface area contributed by atoms with Crippen LogP contribution in [0.2, 0.25) is 0 Å². The van der Waals surface area contributed by atoms with Gasteiger partial charge in [0.05, 0.1) is 11.1 Å². The maximum absolute atomic E-state index is 12.3. The Bertz CT molecular complexity index is 525. The van der Waals surface area contributed by atoms with E-state index in [1.165, 1.54) is 0 Å². The molecule has 0 aliphatic rings. The third-order valence-electron chi connectivity index (χ3n) is 3.73. The normalized spacial score (nSPS) is 12.0. The van der Waals surface area contributed by atoms with Crippen molar-refractivity contribution in [3.05, 3.63) is 34.4 Å². The van der Waals surface area contributed by atoms with Gasteiger partial charge in [0.15, 0.2) is 0 Å². The number of aromatic carboxylic acids is 1. The van der Waals surface area contributed by atoms with Gasteiger partial charge in [-0.3, -0.25) is 4.79 Å². The summed E-state index contributed by atoms with van der Waals surface area (Å²) in [4.78, 5) is 23.7. The maximum Gasteiger partial charge on any atom is 0.336 e.